The minimum Gasteiger partial charge on any atom is -0.286 e. The number of allylic oxidation sites excluding steroid dienone is 1. The molecule has 0 spiro atoms. The van der Waals surface area contributed by atoms with Gasteiger partial charge in [-0.05, 0) is 55.2 Å². The molecular weight excluding hydrogens is 597 g/mol. The largest absolute Gasteiger partial charge is 0.286 e. The summed E-state index contributed by atoms with van der Waals surface area (Å²) in [6.07, 6.45) is 4.69. The molecule has 0 aliphatic carbocycles. The number of unbranched alkanes of at least 4 members (excludes halogenated alkanes) is 2. The first kappa shape index (κ1) is 28.8. The van der Waals surface area contributed by atoms with Crippen LogP contribution >= 0.6 is 46.3 Å². The van der Waals surface area contributed by atoms with Crippen LogP contribution < -0.4 is 4.57 Å². The molecule has 0 saturated carbocycles. The Hall–Kier alpha value is -1.18. The Morgan fingerprint density at radius 1 is 0.892 bits per heavy atom. The fourth-order valence-corrected chi connectivity index (χ4v) is 8.33. The Morgan fingerprint density at radius 2 is 1.54 bits per heavy atom. The summed E-state index contributed by atoms with van der Waals surface area (Å²) in [6.45, 7) is 0.553. The highest BCUT2D eigenvalue weighted by Crippen LogP contribution is 2.52. The van der Waals surface area contributed by atoms with Gasteiger partial charge >= 0.3 is 0 Å². The van der Waals surface area contributed by atoms with E-state index in [0.29, 0.717) is 48.7 Å². The van der Waals surface area contributed by atoms with E-state index in [1.54, 1.807) is 23.1 Å². The van der Waals surface area contributed by atoms with Gasteiger partial charge in [-0.2, -0.15) is 21.4 Å². The van der Waals surface area contributed by atoms with Crippen LogP contribution in [0.15, 0.2) is 46.2 Å². The summed E-state index contributed by atoms with van der Waals surface area (Å²) < 4.78 is 65.9. The monoisotopic (exact) mass is 622 g/mol. The smallest absolute Gasteiger partial charge is 0.264 e. The van der Waals surface area contributed by atoms with Crippen LogP contribution in [0.2, 0.25) is 10.0 Å². The van der Waals surface area contributed by atoms with Crippen molar-refractivity contribution in [3.63, 3.8) is 0 Å². The number of hydrogen-bond donors (Lipinski definition) is 2. The van der Waals surface area contributed by atoms with Crippen molar-refractivity contribution in [2.75, 3.05) is 11.5 Å². The van der Waals surface area contributed by atoms with Crippen LogP contribution in [-0.2, 0) is 26.8 Å². The number of benzene rings is 2. The molecule has 2 aromatic carbocycles. The molecule has 1 aliphatic rings. The van der Waals surface area contributed by atoms with E-state index in [2.05, 4.69) is 10.6 Å². The zero-order valence-electron chi connectivity index (χ0n) is 19.6. The SMILES string of the molecule is O=S(=O)(O)CCCCC1C(=Cc2sc3ccc(Cl)cc3[n+]2CCCCS(=O)(=O)O)Sc2ccc(Cl)cc21. The molecule has 0 saturated heterocycles. The second kappa shape index (κ2) is 11.9. The summed E-state index contributed by atoms with van der Waals surface area (Å²) in [7, 11) is -8.01. The predicted octanol–water partition coefficient (Wildman–Crippen LogP) is 6.45. The van der Waals surface area contributed by atoms with Gasteiger partial charge in [-0.25, -0.2) is 0 Å². The normalized spacial score (nSPS) is 17.1. The Kier molecular flexibility index (Phi) is 9.28. The summed E-state index contributed by atoms with van der Waals surface area (Å²) in [6, 6.07) is 11.5. The Morgan fingerprint density at radius 3 is 2.24 bits per heavy atom. The molecule has 1 atom stereocenters. The maximum atomic E-state index is 11.2. The Labute approximate surface area is 235 Å². The second-order valence-electron chi connectivity index (χ2n) is 8.86. The zero-order chi connectivity index (χ0) is 26.8. The lowest BCUT2D eigenvalue weighted by Crippen LogP contribution is -2.35. The Bertz CT molecular complexity index is 1550. The molecule has 2 N–H and O–H groups in total. The summed E-state index contributed by atoms with van der Waals surface area (Å²) in [5.41, 5.74) is 2.05. The number of rotatable bonds is 11. The minimum absolute atomic E-state index is 0.0295. The average Bonchev–Trinajstić information content (AvgIpc) is 3.30. The van der Waals surface area contributed by atoms with Gasteiger partial charge in [0.1, 0.15) is 4.70 Å². The molecule has 200 valence electrons. The molecule has 13 heteroatoms. The van der Waals surface area contributed by atoms with Gasteiger partial charge in [0, 0.05) is 44.3 Å². The van der Waals surface area contributed by atoms with Gasteiger partial charge in [0.15, 0.2) is 6.54 Å². The van der Waals surface area contributed by atoms with Crippen molar-refractivity contribution in [3.05, 3.63) is 61.9 Å². The maximum Gasteiger partial charge on any atom is 0.264 e. The van der Waals surface area contributed by atoms with E-state index in [9.17, 15) is 16.8 Å². The number of nitrogens with zero attached hydrogens (tertiary/aromatic N) is 1. The fourth-order valence-electron chi connectivity index (χ4n) is 4.39. The highest BCUT2D eigenvalue weighted by Gasteiger charge is 2.30. The first-order valence-corrected chi connectivity index (χ1v) is 17.2. The molecule has 1 unspecified atom stereocenters. The number of halogens is 2. The van der Waals surface area contributed by atoms with E-state index in [4.69, 9.17) is 32.3 Å². The van der Waals surface area contributed by atoms with Crippen LogP contribution in [0.3, 0.4) is 0 Å². The number of aromatic nitrogens is 1. The van der Waals surface area contributed by atoms with Crippen LogP contribution in [0.5, 0.6) is 0 Å². The van der Waals surface area contributed by atoms with Crippen molar-refractivity contribution in [2.24, 2.45) is 0 Å². The third kappa shape index (κ3) is 7.92. The molecule has 37 heavy (non-hydrogen) atoms. The number of thiazole rings is 1. The van der Waals surface area contributed by atoms with Gasteiger partial charge in [-0.3, -0.25) is 9.11 Å². The quantitative estimate of drug-likeness (QED) is 0.143. The summed E-state index contributed by atoms with van der Waals surface area (Å²) >= 11 is 15.8. The van der Waals surface area contributed by atoms with Crippen molar-refractivity contribution in [2.45, 2.75) is 49.5 Å². The van der Waals surface area contributed by atoms with E-state index in [0.717, 1.165) is 30.6 Å². The average molecular weight is 624 g/mol. The minimum atomic E-state index is -4.01. The third-order valence-corrected chi connectivity index (χ3v) is 10.5. The molecule has 0 fully saturated rings. The van der Waals surface area contributed by atoms with Crippen molar-refractivity contribution in [1.82, 2.24) is 0 Å². The van der Waals surface area contributed by atoms with E-state index < -0.39 is 20.2 Å². The molecule has 3 aromatic rings. The maximum absolute atomic E-state index is 11.2. The van der Waals surface area contributed by atoms with Gasteiger partial charge in [-0.15, -0.1) is 0 Å². The van der Waals surface area contributed by atoms with E-state index in [1.165, 1.54) is 0 Å². The van der Waals surface area contributed by atoms with Crippen LogP contribution in [0.25, 0.3) is 16.3 Å². The van der Waals surface area contributed by atoms with E-state index in [1.807, 2.05) is 36.4 Å². The van der Waals surface area contributed by atoms with Crippen molar-refractivity contribution in [1.29, 1.82) is 0 Å². The number of hydrogen-bond acceptors (Lipinski definition) is 6. The van der Waals surface area contributed by atoms with Gasteiger partial charge in [0.25, 0.3) is 25.2 Å². The lowest BCUT2D eigenvalue weighted by Gasteiger charge is -2.12. The molecule has 2 heterocycles. The second-order valence-corrected chi connectivity index (χ2v) is 15.1. The van der Waals surface area contributed by atoms with Gasteiger partial charge in [0.05, 0.1) is 11.5 Å². The number of fused-ring (bicyclic) bond motifs is 2. The molecular formula is C24H26Cl2NO6S4+. The van der Waals surface area contributed by atoms with Gasteiger partial charge in [0.2, 0.25) is 5.52 Å². The van der Waals surface area contributed by atoms with Crippen LogP contribution in [-0.4, -0.2) is 37.4 Å². The van der Waals surface area contributed by atoms with Crippen molar-refractivity contribution in [3.8, 4) is 0 Å². The molecule has 1 aromatic heterocycles. The first-order chi connectivity index (χ1) is 17.4. The van der Waals surface area contributed by atoms with Crippen molar-refractivity contribution >= 4 is 82.8 Å². The molecule has 0 amide bonds. The first-order valence-electron chi connectivity index (χ1n) is 11.6. The van der Waals surface area contributed by atoms with Crippen LogP contribution in [0.4, 0.5) is 0 Å². The summed E-state index contributed by atoms with van der Waals surface area (Å²) in [5, 5.41) is 2.22. The predicted molar refractivity (Wildman–Crippen MR) is 151 cm³/mol. The number of aryl methyl sites for hydroxylation is 1. The molecule has 0 radical (unpaired) electrons. The molecule has 7 nitrogen and oxygen atoms in total. The fraction of sp³-hybridized carbons (Fsp3) is 0.375. The Balaban J connectivity index is 1.66. The highest BCUT2D eigenvalue weighted by molar-refractivity contribution is 8.03. The topological polar surface area (TPSA) is 113 Å². The van der Waals surface area contributed by atoms with Crippen molar-refractivity contribution < 1.29 is 30.5 Å². The molecule has 0 bridgehead atoms. The molecule has 1 aliphatic heterocycles. The lowest BCUT2D eigenvalue weighted by atomic mass is 9.93. The van der Waals surface area contributed by atoms with E-state index in [-0.39, 0.29) is 17.4 Å². The van der Waals surface area contributed by atoms with Crippen LogP contribution in [0.1, 0.15) is 48.6 Å². The van der Waals surface area contributed by atoms with Gasteiger partial charge in [-0.1, -0.05) is 52.7 Å². The molecule has 4 rings (SSSR count). The van der Waals surface area contributed by atoms with Gasteiger partial charge < -0.3 is 0 Å². The zero-order valence-corrected chi connectivity index (χ0v) is 24.4. The third-order valence-electron chi connectivity index (χ3n) is 6.06. The standard InChI is InChI=1S/C24H25Cl2NO6S4/c25-16-6-8-21-19(13-16)18(5-1-3-11-36(28,29)30)23(34-21)15-24-27(10-2-4-12-37(31,32)33)20-14-17(26)7-9-22(20)35-24/h6-9,13-15,18H,1-5,10-12H2,(H-,28,29,30,31,32,33)/p+1. The highest BCUT2D eigenvalue weighted by atomic mass is 35.5. The van der Waals surface area contributed by atoms with E-state index >= 15 is 0 Å². The summed E-state index contributed by atoms with van der Waals surface area (Å²) in [5.74, 6) is -0.527. The number of thioether (sulfide) groups is 1. The van der Waals surface area contributed by atoms with Crippen LogP contribution in [0, 0.1) is 0 Å². The summed E-state index contributed by atoms with van der Waals surface area (Å²) in [4.78, 5) is 2.20. The lowest BCUT2D eigenvalue weighted by molar-refractivity contribution is -0.669.